The Kier molecular flexibility index (Phi) is 3.55. The summed E-state index contributed by atoms with van der Waals surface area (Å²) in [5, 5.41) is 3.62. The summed E-state index contributed by atoms with van der Waals surface area (Å²) in [4.78, 5) is 2.62. The van der Waals surface area contributed by atoms with Crippen LogP contribution in [-0.4, -0.2) is 35.6 Å². The van der Waals surface area contributed by atoms with Gasteiger partial charge < -0.3 is 4.90 Å². The van der Waals surface area contributed by atoms with E-state index in [-0.39, 0.29) is 0 Å². The first-order valence-corrected chi connectivity index (χ1v) is 8.41. The van der Waals surface area contributed by atoms with Crippen molar-refractivity contribution in [3.05, 3.63) is 24.3 Å². The van der Waals surface area contributed by atoms with Crippen LogP contribution in [0.2, 0.25) is 0 Å². The van der Waals surface area contributed by atoms with Crippen LogP contribution in [0.5, 0.6) is 0 Å². The van der Waals surface area contributed by atoms with Gasteiger partial charge in [-0.2, -0.15) is 0 Å². The molecular formula is C17H25N4+. The van der Waals surface area contributed by atoms with Gasteiger partial charge in [0.1, 0.15) is 11.0 Å². The van der Waals surface area contributed by atoms with Crippen LogP contribution < -0.4 is 9.88 Å². The summed E-state index contributed by atoms with van der Waals surface area (Å²) < 4.78 is 4.94. The number of likely N-dealkylation sites (tertiary alicyclic amines) is 1. The molecule has 4 nitrogen and oxygen atoms in total. The zero-order valence-corrected chi connectivity index (χ0v) is 12.7. The van der Waals surface area contributed by atoms with E-state index in [0.717, 1.165) is 19.6 Å². The van der Waals surface area contributed by atoms with Crippen molar-refractivity contribution in [2.24, 2.45) is 0 Å². The number of para-hydroxylation sites is 2. The minimum absolute atomic E-state index is 1.09. The molecule has 112 valence electrons. The Morgan fingerprint density at radius 3 is 2.76 bits per heavy atom. The van der Waals surface area contributed by atoms with Crippen molar-refractivity contribution in [2.75, 3.05) is 31.5 Å². The lowest BCUT2D eigenvalue weighted by molar-refractivity contribution is -0.661. The summed E-state index contributed by atoms with van der Waals surface area (Å²) >= 11 is 0. The average molecular weight is 285 g/mol. The molecule has 4 heteroatoms. The summed E-state index contributed by atoms with van der Waals surface area (Å²) in [5.74, 6) is 1.31. The van der Waals surface area contributed by atoms with Gasteiger partial charge >= 0.3 is 5.95 Å². The number of piperidine rings is 1. The van der Waals surface area contributed by atoms with Crippen molar-refractivity contribution in [3.63, 3.8) is 0 Å². The molecule has 0 spiro atoms. The Hall–Kier alpha value is -1.55. The summed E-state index contributed by atoms with van der Waals surface area (Å²) in [6.07, 6.45) is 5.38. The van der Waals surface area contributed by atoms with E-state index in [1.54, 1.807) is 0 Å². The Bertz CT molecular complexity index is 625. The van der Waals surface area contributed by atoms with E-state index >= 15 is 0 Å². The Labute approximate surface area is 126 Å². The normalized spacial score (nSPS) is 19.4. The van der Waals surface area contributed by atoms with Crippen LogP contribution in [0.3, 0.4) is 0 Å². The van der Waals surface area contributed by atoms with Gasteiger partial charge in [0.2, 0.25) is 0 Å². The SMILES string of the molecule is c1ccc2c(c1)n(CCN1CCCCC1)c1[n+]2CCCN1. The van der Waals surface area contributed by atoms with Crippen LogP contribution in [0.15, 0.2) is 24.3 Å². The quantitative estimate of drug-likeness (QED) is 0.875. The molecule has 1 aromatic heterocycles. The number of nitrogens with one attached hydrogen (secondary N) is 1. The highest BCUT2D eigenvalue weighted by molar-refractivity contribution is 5.74. The van der Waals surface area contributed by atoms with Gasteiger partial charge in [0, 0.05) is 13.0 Å². The first-order chi connectivity index (χ1) is 10.4. The summed E-state index contributed by atoms with van der Waals surface area (Å²) in [5.41, 5.74) is 2.75. The lowest BCUT2D eigenvalue weighted by Gasteiger charge is -2.26. The number of hydrogen-bond donors (Lipinski definition) is 1. The minimum Gasteiger partial charge on any atom is -0.300 e. The van der Waals surface area contributed by atoms with E-state index in [9.17, 15) is 0 Å². The second-order valence-corrected chi connectivity index (χ2v) is 6.30. The topological polar surface area (TPSA) is 24.1 Å². The Balaban J connectivity index is 1.64. The molecule has 2 aliphatic rings. The molecule has 0 amide bonds. The van der Waals surface area contributed by atoms with Crippen molar-refractivity contribution in [1.29, 1.82) is 0 Å². The zero-order valence-electron chi connectivity index (χ0n) is 12.7. The molecular weight excluding hydrogens is 260 g/mol. The minimum atomic E-state index is 1.09. The maximum atomic E-state index is 3.62. The van der Waals surface area contributed by atoms with Crippen LogP contribution in [0.1, 0.15) is 25.7 Å². The van der Waals surface area contributed by atoms with Gasteiger partial charge in [0.15, 0.2) is 0 Å². The molecule has 1 saturated heterocycles. The number of aromatic nitrogens is 2. The number of imidazole rings is 1. The summed E-state index contributed by atoms with van der Waals surface area (Å²) in [7, 11) is 0. The van der Waals surface area contributed by atoms with Crippen molar-refractivity contribution < 1.29 is 4.57 Å². The first-order valence-electron chi connectivity index (χ1n) is 8.41. The van der Waals surface area contributed by atoms with E-state index in [4.69, 9.17) is 0 Å². The smallest absolute Gasteiger partial charge is 0.300 e. The Morgan fingerprint density at radius 1 is 1.00 bits per heavy atom. The lowest BCUT2D eigenvalue weighted by atomic mass is 10.1. The van der Waals surface area contributed by atoms with Crippen LogP contribution in [0, 0.1) is 0 Å². The predicted octanol–water partition coefficient (Wildman–Crippen LogP) is 2.23. The fourth-order valence-corrected chi connectivity index (χ4v) is 3.80. The molecule has 0 unspecified atom stereocenters. The first kappa shape index (κ1) is 13.1. The van der Waals surface area contributed by atoms with E-state index in [0.29, 0.717) is 0 Å². The molecule has 2 aliphatic heterocycles. The van der Waals surface area contributed by atoms with Crippen LogP contribution in [-0.2, 0) is 13.1 Å². The molecule has 0 aliphatic carbocycles. The van der Waals surface area contributed by atoms with E-state index in [1.807, 2.05) is 0 Å². The van der Waals surface area contributed by atoms with Gasteiger partial charge in [-0.05, 0) is 38.1 Å². The third-order valence-corrected chi connectivity index (χ3v) is 4.90. The molecule has 4 rings (SSSR count). The molecule has 1 N–H and O–H groups in total. The number of rotatable bonds is 3. The van der Waals surface area contributed by atoms with Crippen molar-refractivity contribution >= 4 is 17.0 Å². The fraction of sp³-hybridized carbons (Fsp3) is 0.588. The van der Waals surface area contributed by atoms with Crippen molar-refractivity contribution in [1.82, 2.24) is 9.47 Å². The molecule has 0 bridgehead atoms. The van der Waals surface area contributed by atoms with Gasteiger partial charge in [-0.15, -0.1) is 0 Å². The summed E-state index contributed by atoms with van der Waals surface area (Å²) in [6, 6.07) is 8.83. The predicted molar refractivity (Wildman–Crippen MR) is 85.5 cm³/mol. The van der Waals surface area contributed by atoms with Gasteiger partial charge in [-0.3, -0.25) is 5.32 Å². The van der Waals surface area contributed by atoms with Gasteiger partial charge in [0.25, 0.3) is 0 Å². The van der Waals surface area contributed by atoms with E-state index in [2.05, 4.69) is 43.6 Å². The second kappa shape index (κ2) is 5.68. The highest BCUT2D eigenvalue weighted by Crippen LogP contribution is 2.20. The monoisotopic (exact) mass is 285 g/mol. The van der Waals surface area contributed by atoms with Gasteiger partial charge in [-0.1, -0.05) is 18.6 Å². The van der Waals surface area contributed by atoms with E-state index < -0.39 is 0 Å². The average Bonchev–Trinajstić information content (AvgIpc) is 2.88. The largest absolute Gasteiger partial charge is 0.358 e. The highest BCUT2D eigenvalue weighted by Gasteiger charge is 2.26. The number of fused-ring (bicyclic) bond motifs is 3. The molecule has 1 aromatic carbocycles. The lowest BCUT2D eigenvalue weighted by Crippen LogP contribution is -2.42. The van der Waals surface area contributed by atoms with E-state index in [1.165, 1.54) is 62.3 Å². The van der Waals surface area contributed by atoms with Gasteiger partial charge in [-0.25, -0.2) is 9.13 Å². The third kappa shape index (κ3) is 2.42. The van der Waals surface area contributed by atoms with Crippen LogP contribution in [0.4, 0.5) is 5.95 Å². The van der Waals surface area contributed by atoms with Crippen LogP contribution in [0.25, 0.3) is 11.0 Å². The zero-order chi connectivity index (χ0) is 14.1. The number of nitrogens with zero attached hydrogens (tertiary/aromatic N) is 3. The number of aryl methyl sites for hydroxylation is 1. The van der Waals surface area contributed by atoms with Crippen molar-refractivity contribution in [3.8, 4) is 0 Å². The number of anilines is 1. The highest BCUT2D eigenvalue weighted by atomic mass is 15.3. The fourth-order valence-electron chi connectivity index (χ4n) is 3.80. The molecule has 3 heterocycles. The Morgan fingerprint density at radius 2 is 1.86 bits per heavy atom. The van der Waals surface area contributed by atoms with Gasteiger partial charge in [0.05, 0.1) is 19.6 Å². The van der Waals surface area contributed by atoms with Crippen LogP contribution >= 0.6 is 0 Å². The third-order valence-electron chi connectivity index (χ3n) is 4.90. The number of hydrogen-bond acceptors (Lipinski definition) is 2. The second-order valence-electron chi connectivity index (χ2n) is 6.30. The standard InChI is InChI=1S/C17H24N4/c1-4-10-19(11-5-1)13-14-21-16-8-3-2-7-15(16)20-12-6-9-18-17(20)21/h2-3,7-8H,1,4-6,9-14H2/p+1. The molecule has 0 saturated carbocycles. The molecule has 21 heavy (non-hydrogen) atoms. The van der Waals surface area contributed by atoms with Crippen molar-refractivity contribution in [2.45, 2.75) is 38.8 Å². The maximum Gasteiger partial charge on any atom is 0.358 e. The molecule has 0 radical (unpaired) electrons. The molecule has 1 fully saturated rings. The summed E-state index contributed by atoms with van der Waals surface area (Å²) in [6.45, 7) is 7.06. The number of benzene rings is 1. The molecule has 0 atom stereocenters. The maximum absolute atomic E-state index is 3.62. The molecule has 2 aromatic rings.